The molecule has 0 saturated carbocycles. The minimum atomic E-state index is 0.983. The zero-order valence-corrected chi connectivity index (χ0v) is 10.8. The maximum absolute atomic E-state index is 4.41. The van der Waals surface area contributed by atoms with Crippen LogP contribution in [0.2, 0.25) is 0 Å². The van der Waals surface area contributed by atoms with Crippen LogP contribution in [0.5, 0.6) is 0 Å². The molecule has 0 aromatic carbocycles. The Morgan fingerprint density at radius 3 is 2.39 bits per heavy atom. The Hall–Kier alpha value is -2.16. The summed E-state index contributed by atoms with van der Waals surface area (Å²) in [4.78, 5) is 8.80. The molecule has 0 amide bonds. The van der Waals surface area contributed by atoms with E-state index in [0.29, 0.717) is 0 Å². The van der Waals surface area contributed by atoms with Crippen molar-refractivity contribution >= 4 is 5.65 Å². The lowest BCUT2D eigenvalue weighted by molar-refractivity contribution is 1.11. The fraction of sp³-hybridized carbons (Fsp3) is 0.200. The molecule has 3 heteroatoms. The lowest BCUT2D eigenvalue weighted by atomic mass is 10.1. The molecule has 3 aromatic rings. The van der Waals surface area contributed by atoms with Crippen LogP contribution in [0.15, 0.2) is 36.7 Å². The van der Waals surface area contributed by atoms with Crippen molar-refractivity contribution in [2.75, 3.05) is 0 Å². The number of imidazole rings is 1. The Kier molecular flexibility index (Phi) is 2.40. The van der Waals surface area contributed by atoms with E-state index < -0.39 is 0 Å². The number of aryl methyl sites for hydroxylation is 3. The summed E-state index contributed by atoms with van der Waals surface area (Å²) in [5.74, 6) is 0. The van der Waals surface area contributed by atoms with Crippen LogP contribution in [-0.4, -0.2) is 14.4 Å². The molecule has 0 atom stereocenters. The first-order valence-electron chi connectivity index (χ1n) is 6.03. The molecule has 0 spiro atoms. The van der Waals surface area contributed by atoms with Gasteiger partial charge in [0.05, 0.1) is 0 Å². The highest BCUT2D eigenvalue weighted by Crippen LogP contribution is 2.22. The van der Waals surface area contributed by atoms with E-state index in [2.05, 4.69) is 51.8 Å². The van der Waals surface area contributed by atoms with Gasteiger partial charge >= 0.3 is 0 Å². The Labute approximate surface area is 106 Å². The molecule has 0 bridgehead atoms. The fourth-order valence-corrected chi connectivity index (χ4v) is 2.29. The van der Waals surface area contributed by atoms with Gasteiger partial charge < -0.3 is 4.40 Å². The van der Waals surface area contributed by atoms with Crippen LogP contribution in [0, 0.1) is 20.8 Å². The number of pyridine rings is 2. The van der Waals surface area contributed by atoms with Gasteiger partial charge in [-0.2, -0.15) is 0 Å². The minimum absolute atomic E-state index is 0.983. The Morgan fingerprint density at radius 1 is 0.944 bits per heavy atom. The van der Waals surface area contributed by atoms with Crippen LogP contribution in [0.4, 0.5) is 0 Å². The number of aromatic nitrogens is 3. The van der Waals surface area contributed by atoms with Crippen molar-refractivity contribution in [2.24, 2.45) is 0 Å². The smallest absolute Gasteiger partial charge is 0.137 e. The number of hydrogen-bond acceptors (Lipinski definition) is 2. The maximum Gasteiger partial charge on any atom is 0.137 e. The highest BCUT2D eigenvalue weighted by molar-refractivity contribution is 5.68. The summed E-state index contributed by atoms with van der Waals surface area (Å²) in [5.41, 5.74) is 6.61. The van der Waals surface area contributed by atoms with Gasteiger partial charge in [0, 0.05) is 29.5 Å². The van der Waals surface area contributed by atoms with E-state index in [4.69, 9.17) is 0 Å². The molecule has 18 heavy (non-hydrogen) atoms. The van der Waals surface area contributed by atoms with Crippen LogP contribution in [0.1, 0.15) is 17.1 Å². The van der Waals surface area contributed by atoms with Gasteiger partial charge in [-0.15, -0.1) is 0 Å². The Morgan fingerprint density at radius 2 is 1.67 bits per heavy atom. The number of rotatable bonds is 1. The third-order valence-electron chi connectivity index (χ3n) is 3.11. The minimum Gasteiger partial charge on any atom is -0.304 e. The van der Waals surface area contributed by atoms with Gasteiger partial charge in [0.1, 0.15) is 5.65 Å². The quantitative estimate of drug-likeness (QED) is 0.650. The molecule has 0 aliphatic heterocycles. The summed E-state index contributed by atoms with van der Waals surface area (Å²) in [6.07, 6.45) is 3.96. The van der Waals surface area contributed by atoms with Crippen LogP contribution in [0.3, 0.4) is 0 Å². The molecule has 0 fully saturated rings. The van der Waals surface area contributed by atoms with Gasteiger partial charge in [-0.25, -0.2) is 4.98 Å². The SMILES string of the molecule is Cc1cc(-c2ccn3c(C)cnc3c2)cc(C)n1. The molecular formula is C15H15N3. The molecule has 90 valence electrons. The third kappa shape index (κ3) is 1.78. The van der Waals surface area contributed by atoms with Gasteiger partial charge in [-0.1, -0.05) is 0 Å². The zero-order valence-electron chi connectivity index (χ0n) is 10.8. The summed E-state index contributed by atoms with van der Waals surface area (Å²) >= 11 is 0. The second kappa shape index (κ2) is 3.95. The number of nitrogens with zero attached hydrogens (tertiary/aromatic N) is 3. The monoisotopic (exact) mass is 237 g/mol. The van der Waals surface area contributed by atoms with Gasteiger partial charge in [0.15, 0.2) is 0 Å². The van der Waals surface area contributed by atoms with Crippen LogP contribution in [0.25, 0.3) is 16.8 Å². The van der Waals surface area contributed by atoms with Gasteiger partial charge in [-0.3, -0.25) is 4.98 Å². The molecule has 0 radical (unpaired) electrons. The Balaban J connectivity index is 2.18. The zero-order chi connectivity index (χ0) is 12.7. The van der Waals surface area contributed by atoms with Crippen molar-refractivity contribution in [3.05, 3.63) is 53.7 Å². The van der Waals surface area contributed by atoms with Gasteiger partial charge in [0.2, 0.25) is 0 Å². The van der Waals surface area contributed by atoms with E-state index in [1.807, 2.05) is 20.0 Å². The van der Waals surface area contributed by atoms with Gasteiger partial charge in [-0.05, 0) is 56.2 Å². The molecule has 3 nitrogen and oxygen atoms in total. The molecule has 0 saturated heterocycles. The molecule has 3 rings (SSSR count). The van der Waals surface area contributed by atoms with Crippen LogP contribution >= 0.6 is 0 Å². The highest BCUT2D eigenvalue weighted by atomic mass is 15.0. The van der Waals surface area contributed by atoms with Crippen molar-refractivity contribution in [2.45, 2.75) is 20.8 Å². The van der Waals surface area contributed by atoms with Crippen molar-refractivity contribution in [3.63, 3.8) is 0 Å². The van der Waals surface area contributed by atoms with E-state index in [0.717, 1.165) is 22.7 Å². The van der Waals surface area contributed by atoms with E-state index >= 15 is 0 Å². The van der Waals surface area contributed by atoms with E-state index in [1.165, 1.54) is 11.1 Å². The van der Waals surface area contributed by atoms with Gasteiger partial charge in [0.25, 0.3) is 0 Å². The standard InChI is InChI=1S/C15H15N3/c1-10-6-14(7-11(2)17-10)13-4-5-18-12(3)9-16-15(18)8-13/h4-9H,1-3H3. The Bertz CT molecular complexity index is 705. The van der Waals surface area contributed by atoms with Crippen molar-refractivity contribution in [1.29, 1.82) is 0 Å². The van der Waals surface area contributed by atoms with Crippen molar-refractivity contribution < 1.29 is 0 Å². The van der Waals surface area contributed by atoms with Crippen LogP contribution in [-0.2, 0) is 0 Å². The largest absolute Gasteiger partial charge is 0.304 e. The predicted molar refractivity (Wildman–Crippen MR) is 72.6 cm³/mol. The summed E-state index contributed by atoms with van der Waals surface area (Å²) in [6, 6.07) is 8.44. The normalized spacial score (nSPS) is 11.1. The third-order valence-corrected chi connectivity index (χ3v) is 3.11. The van der Waals surface area contributed by atoms with Crippen molar-refractivity contribution in [1.82, 2.24) is 14.4 Å². The second-order valence-electron chi connectivity index (χ2n) is 4.68. The molecule has 0 unspecified atom stereocenters. The first-order valence-corrected chi connectivity index (χ1v) is 6.03. The van der Waals surface area contributed by atoms with E-state index in [9.17, 15) is 0 Å². The first kappa shape index (κ1) is 11.0. The molecule has 0 aliphatic rings. The average molecular weight is 237 g/mol. The summed E-state index contributed by atoms with van der Waals surface area (Å²) < 4.78 is 2.09. The first-order chi connectivity index (χ1) is 8.63. The summed E-state index contributed by atoms with van der Waals surface area (Å²) in [5, 5.41) is 0. The van der Waals surface area contributed by atoms with E-state index in [-0.39, 0.29) is 0 Å². The lowest BCUT2D eigenvalue weighted by Gasteiger charge is -2.05. The molecule has 0 N–H and O–H groups in total. The molecular weight excluding hydrogens is 222 g/mol. The molecule has 3 aromatic heterocycles. The lowest BCUT2D eigenvalue weighted by Crippen LogP contribution is -1.90. The topological polar surface area (TPSA) is 30.2 Å². The average Bonchev–Trinajstić information content (AvgIpc) is 2.69. The van der Waals surface area contributed by atoms with Crippen LogP contribution < -0.4 is 0 Å². The maximum atomic E-state index is 4.41. The van der Waals surface area contributed by atoms with Crippen molar-refractivity contribution in [3.8, 4) is 11.1 Å². The summed E-state index contributed by atoms with van der Waals surface area (Å²) in [7, 11) is 0. The second-order valence-corrected chi connectivity index (χ2v) is 4.68. The van der Waals surface area contributed by atoms with E-state index in [1.54, 1.807) is 0 Å². The summed E-state index contributed by atoms with van der Waals surface area (Å²) in [6.45, 7) is 6.10. The highest BCUT2D eigenvalue weighted by Gasteiger charge is 2.04. The molecule has 3 heterocycles. The fourth-order valence-electron chi connectivity index (χ4n) is 2.29. The predicted octanol–water partition coefficient (Wildman–Crippen LogP) is 3.32. The number of fused-ring (bicyclic) bond motifs is 1. The number of hydrogen-bond donors (Lipinski definition) is 0. The molecule has 0 aliphatic carbocycles.